The van der Waals surface area contributed by atoms with Crippen LogP contribution in [0.15, 0.2) is 47.5 Å². The average molecular weight is 378 g/mol. The minimum atomic E-state index is -4.37. The van der Waals surface area contributed by atoms with Crippen molar-refractivity contribution < 1.29 is 17.6 Å². The molecule has 0 saturated carbocycles. The van der Waals surface area contributed by atoms with Crippen molar-refractivity contribution in [2.24, 2.45) is 4.99 Å². The average Bonchev–Trinajstić information content (AvgIpc) is 2.64. The molecular weight excluding hydrogens is 360 g/mol. The van der Waals surface area contributed by atoms with Gasteiger partial charge in [0.1, 0.15) is 5.82 Å². The molecule has 0 atom stereocenters. The highest BCUT2D eigenvalue weighted by molar-refractivity contribution is 5.79. The maximum Gasteiger partial charge on any atom is 0.416 e. The summed E-state index contributed by atoms with van der Waals surface area (Å²) in [6.07, 6.45) is -4.37. The fourth-order valence-corrected chi connectivity index (χ4v) is 2.27. The number of guanidine groups is 1. The summed E-state index contributed by atoms with van der Waals surface area (Å²) >= 11 is 0. The summed E-state index contributed by atoms with van der Waals surface area (Å²) in [4.78, 5) is 4.29. The van der Waals surface area contributed by atoms with E-state index in [1.165, 1.54) is 30.3 Å². The highest BCUT2D eigenvalue weighted by Crippen LogP contribution is 2.29. The topological polar surface area (TPSA) is 60.2 Å². The Morgan fingerprint density at radius 3 is 2.41 bits per heavy atom. The van der Waals surface area contributed by atoms with Crippen molar-refractivity contribution in [2.75, 3.05) is 6.54 Å². The van der Waals surface area contributed by atoms with Crippen LogP contribution in [0, 0.1) is 17.1 Å². The lowest BCUT2D eigenvalue weighted by Gasteiger charge is -2.12. The number of hydrogen-bond acceptors (Lipinski definition) is 2. The van der Waals surface area contributed by atoms with Gasteiger partial charge < -0.3 is 10.6 Å². The van der Waals surface area contributed by atoms with Crippen LogP contribution in [0.25, 0.3) is 0 Å². The molecule has 0 fully saturated rings. The normalized spacial score (nSPS) is 11.8. The van der Waals surface area contributed by atoms with Gasteiger partial charge in [0.2, 0.25) is 0 Å². The molecular formula is C19H18F4N4. The van der Waals surface area contributed by atoms with Crippen LogP contribution in [0.5, 0.6) is 0 Å². The standard InChI is InChI=1S/C19H18F4N4/c1-2-25-18(27-12-15-9-14(10-24)5-8-17(15)20)26-11-13-3-6-16(7-4-13)19(21,22)23/h3-9H,2,11-12H2,1H3,(H2,25,26,27). The molecule has 142 valence electrons. The number of nitrogens with one attached hydrogen (secondary N) is 2. The first-order valence-electron chi connectivity index (χ1n) is 8.20. The van der Waals surface area contributed by atoms with Crippen LogP contribution in [0.3, 0.4) is 0 Å². The predicted molar refractivity (Wildman–Crippen MR) is 94.2 cm³/mol. The molecule has 4 nitrogen and oxygen atoms in total. The maximum atomic E-state index is 13.8. The van der Waals surface area contributed by atoms with E-state index in [1.54, 1.807) is 0 Å². The zero-order chi connectivity index (χ0) is 19.9. The molecule has 0 bridgehead atoms. The van der Waals surface area contributed by atoms with Gasteiger partial charge in [-0.05, 0) is 42.8 Å². The van der Waals surface area contributed by atoms with Crippen molar-refractivity contribution in [3.05, 3.63) is 70.5 Å². The van der Waals surface area contributed by atoms with Gasteiger partial charge in [-0.2, -0.15) is 18.4 Å². The number of hydrogen-bond donors (Lipinski definition) is 2. The highest BCUT2D eigenvalue weighted by atomic mass is 19.4. The Labute approximate surface area is 154 Å². The number of rotatable bonds is 5. The third-order valence-electron chi connectivity index (χ3n) is 3.67. The number of alkyl halides is 3. The maximum absolute atomic E-state index is 13.8. The summed E-state index contributed by atoms with van der Waals surface area (Å²) in [6, 6.07) is 10.8. The van der Waals surface area contributed by atoms with Crippen LogP contribution < -0.4 is 10.6 Å². The number of aliphatic imine (C=N–C) groups is 1. The Morgan fingerprint density at radius 1 is 1.11 bits per heavy atom. The van der Waals surface area contributed by atoms with Crippen molar-refractivity contribution in [1.82, 2.24) is 10.6 Å². The summed E-state index contributed by atoms with van der Waals surface area (Å²) in [7, 11) is 0. The smallest absolute Gasteiger partial charge is 0.357 e. The van der Waals surface area contributed by atoms with Gasteiger partial charge in [0, 0.05) is 18.7 Å². The molecule has 0 amide bonds. The molecule has 27 heavy (non-hydrogen) atoms. The van der Waals surface area contributed by atoms with E-state index in [4.69, 9.17) is 5.26 Å². The first-order valence-corrected chi connectivity index (χ1v) is 8.20. The SMILES string of the molecule is CCNC(=NCc1ccc(C(F)(F)F)cc1)NCc1cc(C#N)ccc1F. The second kappa shape index (κ2) is 9.03. The van der Waals surface area contributed by atoms with Gasteiger partial charge in [-0.1, -0.05) is 12.1 Å². The minimum Gasteiger partial charge on any atom is -0.357 e. The largest absolute Gasteiger partial charge is 0.416 e. The quantitative estimate of drug-likeness (QED) is 0.470. The van der Waals surface area contributed by atoms with Gasteiger partial charge >= 0.3 is 6.18 Å². The molecule has 0 aliphatic carbocycles. The van der Waals surface area contributed by atoms with Gasteiger partial charge in [-0.3, -0.25) is 0 Å². The molecule has 0 unspecified atom stereocenters. The molecule has 2 N–H and O–H groups in total. The lowest BCUT2D eigenvalue weighted by Crippen LogP contribution is -2.37. The van der Waals surface area contributed by atoms with Crippen LogP contribution in [0.1, 0.15) is 29.2 Å². The third kappa shape index (κ3) is 5.99. The van der Waals surface area contributed by atoms with E-state index < -0.39 is 17.6 Å². The molecule has 0 aromatic heterocycles. The molecule has 0 heterocycles. The zero-order valence-electron chi connectivity index (χ0n) is 14.6. The molecule has 0 radical (unpaired) electrons. The van der Waals surface area contributed by atoms with Crippen molar-refractivity contribution in [3.8, 4) is 6.07 Å². The second-order valence-corrected chi connectivity index (χ2v) is 5.66. The first-order chi connectivity index (χ1) is 12.8. The molecule has 0 aliphatic heterocycles. The molecule has 0 aliphatic rings. The summed E-state index contributed by atoms with van der Waals surface area (Å²) < 4.78 is 51.6. The number of halogens is 4. The molecule has 0 saturated heterocycles. The first kappa shape index (κ1) is 20.2. The molecule has 2 aromatic carbocycles. The van der Waals surface area contributed by atoms with Crippen molar-refractivity contribution >= 4 is 5.96 Å². The van der Waals surface area contributed by atoms with Crippen molar-refractivity contribution in [2.45, 2.75) is 26.2 Å². The van der Waals surface area contributed by atoms with E-state index in [2.05, 4.69) is 15.6 Å². The molecule has 2 rings (SSSR count). The summed E-state index contributed by atoms with van der Waals surface area (Å²) in [5, 5.41) is 14.8. The highest BCUT2D eigenvalue weighted by Gasteiger charge is 2.29. The van der Waals surface area contributed by atoms with Gasteiger partial charge in [-0.15, -0.1) is 0 Å². The molecule has 8 heteroatoms. The lowest BCUT2D eigenvalue weighted by molar-refractivity contribution is -0.137. The summed E-state index contributed by atoms with van der Waals surface area (Å²) in [5.74, 6) is -0.0563. The summed E-state index contributed by atoms with van der Waals surface area (Å²) in [5.41, 5.74) is 0.556. The third-order valence-corrected chi connectivity index (χ3v) is 3.67. The Morgan fingerprint density at radius 2 is 1.81 bits per heavy atom. The second-order valence-electron chi connectivity index (χ2n) is 5.66. The summed E-state index contributed by atoms with van der Waals surface area (Å²) in [6.45, 7) is 2.68. The number of nitriles is 1. The van der Waals surface area contributed by atoms with Gasteiger partial charge in [0.25, 0.3) is 0 Å². The van der Waals surface area contributed by atoms with Crippen LogP contribution in [0.2, 0.25) is 0 Å². The van der Waals surface area contributed by atoms with Crippen LogP contribution in [0.4, 0.5) is 17.6 Å². The Bertz CT molecular complexity index is 836. The minimum absolute atomic E-state index is 0.111. The van der Waals surface area contributed by atoms with Crippen LogP contribution in [-0.2, 0) is 19.3 Å². The fraction of sp³-hybridized carbons (Fsp3) is 0.263. The van der Waals surface area contributed by atoms with E-state index in [-0.39, 0.29) is 13.1 Å². The van der Waals surface area contributed by atoms with E-state index in [0.717, 1.165) is 12.1 Å². The van der Waals surface area contributed by atoms with E-state index in [0.29, 0.717) is 29.2 Å². The molecule has 0 spiro atoms. The van der Waals surface area contributed by atoms with E-state index in [9.17, 15) is 17.6 Å². The van der Waals surface area contributed by atoms with Gasteiger partial charge in [0.05, 0.1) is 23.7 Å². The zero-order valence-corrected chi connectivity index (χ0v) is 14.6. The van der Waals surface area contributed by atoms with E-state index in [1.807, 2.05) is 13.0 Å². The number of benzene rings is 2. The van der Waals surface area contributed by atoms with Crippen molar-refractivity contribution in [1.29, 1.82) is 5.26 Å². The lowest BCUT2D eigenvalue weighted by atomic mass is 10.1. The predicted octanol–water partition coefficient (Wildman–Crippen LogP) is 3.97. The molecule has 2 aromatic rings. The van der Waals surface area contributed by atoms with Crippen LogP contribution in [-0.4, -0.2) is 12.5 Å². The Kier molecular flexibility index (Phi) is 6.77. The van der Waals surface area contributed by atoms with Gasteiger partial charge in [-0.25, -0.2) is 9.38 Å². The monoisotopic (exact) mass is 378 g/mol. The van der Waals surface area contributed by atoms with Crippen molar-refractivity contribution in [3.63, 3.8) is 0 Å². The fourth-order valence-electron chi connectivity index (χ4n) is 2.27. The number of nitrogens with zero attached hydrogens (tertiary/aromatic N) is 2. The van der Waals surface area contributed by atoms with Gasteiger partial charge in [0.15, 0.2) is 5.96 Å². The Hall–Kier alpha value is -3.08. The Balaban J connectivity index is 2.05. The van der Waals surface area contributed by atoms with Crippen LogP contribution >= 0.6 is 0 Å². The van der Waals surface area contributed by atoms with E-state index >= 15 is 0 Å².